The molecule has 1 amide bonds. The minimum Gasteiger partial charge on any atom is -0.481 e. The maximum absolute atomic E-state index is 11.5. The second-order valence-corrected chi connectivity index (χ2v) is 5.68. The van der Waals surface area contributed by atoms with Crippen LogP contribution < -0.4 is 11.1 Å². The summed E-state index contributed by atoms with van der Waals surface area (Å²) in [4.78, 5) is 22.6. The molecule has 0 saturated heterocycles. The van der Waals surface area contributed by atoms with Gasteiger partial charge in [0.05, 0.1) is 12.0 Å². The highest BCUT2D eigenvalue weighted by atomic mass is 16.4. The molecule has 2 unspecified atom stereocenters. The fraction of sp³-hybridized carbons (Fsp3) is 0.692. The average Bonchev–Trinajstić information content (AvgIpc) is 2.22. The average molecular weight is 256 g/mol. The number of nitrogens with two attached hydrogens (primary N) is 1. The number of amides is 1. The third kappa shape index (κ3) is 7.06. The van der Waals surface area contributed by atoms with Gasteiger partial charge in [0.15, 0.2) is 0 Å². The molecule has 0 saturated carbocycles. The van der Waals surface area contributed by atoms with Crippen LogP contribution in [0.2, 0.25) is 0 Å². The third-order valence-corrected chi connectivity index (χ3v) is 2.49. The monoisotopic (exact) mass is 256 g/mol. The zero-order valence-corrected chi connectivity index (χ0v) is 11.4. The lowest BCUT2D eigenvalue weighted by molar-refractivity contribution is -0.142. The number of carbonyl (C=O) groups is 2. The number of carboxylic acid groups (broad SMARTS) is 1. The van der Waals surface area contributed by atoms with Crippen LogP contribution in [0.4, 0.5) is 0 Å². The van der Waals surface area contributed by atoms with Crippen LogP contribution in [-0.2, 0) is 9.59 Å². The summed E-state index contributed by atoms with van der Waals surface area (Å²) in [7, 11) is 0. The van der Waals surface area contributed by atoms with Crippen molar-refractivity contribution in [3.8, 4) is 0 Å². The Morgan fingerprint density at radius 3 is 2.39 bits per heavy atom. The Bertz CT molecular complexity index is 308. The Hall–Kier alpha value is -1.36. The predicted octanol–water partition coefficient (Wildman–Crippen LogP) is 1.14. The standard InChI is InChI=1S/C13H24N2O3/c1-5-6-10(14)11(16)15-8-9(12(17)18)7-13(2,3)4/h5,9-10H,1,6-8,14H2,2-4H3,(H,15,16)(H,17,18). The van der Waals surface area contributed by atoms with Crippen molar-refractivity contribution in [2.45, 2.75) is 39.7 Å². The first-order valence-electron chi connectivity index (χ1n) is 6.04. The van der Waals surface area contributed by atoms with Crippen molar-refractivity contribution >= 4 is 11.9 Å². The highest BCUT2D eigenvalue weighted by molar-refractivity contribution is 5.82. The lowest BCUT2D eigenvalue weighted by Crippen LogP contribution is -2.43. The number of carbonyl (C=O) groups excluding carboxylic acids is 1. The summed E-state index contributed by atoms with van der Waals surface area (Å²) in [6.07, 6.45) is 2.44. The van der Waals surface area contributed by atoms with Crippen molar-refractivity contribution < 1.29 is 14.7 Å². The Balaban J connectivity index is 4.32. The summed E-state index contributed by atoms with van der Waals surface area (Å²) >= 11 is 0. The number of aliphatic carboxylic acids is 1. The molecule has 0 fully saturated rings. The van der Waals surface area contributed by atoms with Gasteiger partial charge in [0.1, 0.15) is 0 Å². The van der Waals surface area contributed by atoms with E-state index in [0.29, 0.717) is 12.8 Å². The van der Waals surface area contributed by atoms with Crippen LogP contribution in [0, 0.1) is 11.3 Å². The van der Waals surface area contributed by atoms with E-state index in [-0.39, 0.29) is 17.9 Å². The van der Waals surface area contributed by atoms with Crippen LogP contribution in [-0.4, -0.2) is 29.6 Å². The van der Waals surface area contributed by atoms with Gasteiger partial charge in [0, 0.05) is 6.54 Å². The Kier molecular flexibility index (Phi) is 6.62. The summed E-state index contributed by atoms with van der Waals surface area (Å²) in [5.74, 6) is -1.83. The van der Waals surface area contributed by atoms with Gasteiger partial charge in [-0.15, -0.1) is 6.58 Å². The molecule has 2 atom stereocenters. The zero-order chi connectivity index (χ0) is 14.3. The van der Waals surface area contributed by atoms with Gasteiger partial charge in [0.25, 0.3) is 0 Å². The molecule has 0 aromatic carbocycles. The van der Waals surface area contributed by atoms with E-state index in [2.05, 4.69) is 11.9 Å². The highest BCUT2D eigenvalue weighted by Gasteiger charge is 2.25. The Morgan fingerprint density at radius 2 is 2.00 bits per heavy atom. The molecular weight excluding hydrogens is 232 g/mol. The van der Waals surface area contributed by atoms with Crippen LogP contribution in [0.25, 0.3) is 0 Å². The van der Waals surface area contributed by atoms with E-state index in [1.807, 2.05) is 20.8 Å². The maximum Gasteiger partial charge on any atom is 0.308 e. The predicted molar refractivity (Wildman–Crippen MR) is 71.0 cm³/mol. The SMILES string of the molecule is C=CCC(N)C(=O)NCC(CC(C)(C)C)C(=O)O. The fourth-order valence-electron chi connectivity index (χ4n) is 1.63. The van der Waals surface area contributed by atoms with Gasteiger partial charge in [-0.1, -0.05) is 26.8 Å². The normalized spacial score (nSPS) is 14.7. The molecule has 0 aliphatic rings. The van der Waals surface area contributed by atoms with Crippen LogP contribution in [0.1, 0.15) is 33.6 Å². The molecule has 0 aliphatic carbocycles. The van der Waals surface area contributed by atoms with Crippen LogP contribution in [0.15, 0.2) is 12.7 Å². The van der Waals surface area contributed by atoms with Crippen molar-refractivity contribution in [3.05, 3.63) is 12.7 Å². The number of nitrogens with one attached hydrogen (secondary N) is 1. The second kappa shape index (κ2) is 7.16. The molecule has 5 heteroatoms. The number of hydrogen-bond donors (Lipinski definition) is 3. The van der Waals surface area contributed by atoms with Gasteiger partial charge in [-0.05, 0) is 18.3 Å². The smallest absolute Gasteiger partial charge is 0.308 e. The molecule has 5 nitrogen and oxygen atoms in total. The molecule has 0 bridgehead atoms. The summed E-state index contributed by atoms with van der Waals surface area (Å²) < 4.78 is 0. The summed E-state index contributed by atoms with van der Waals surface area (Å²) in [5, 5.41) is 11.7. The zero-order valence-electron chi connectivity index (χ0n) is 11.4. The van der Waals surface area contributed by atoms with E-state index < -0.39 is 17.9 Å². The second-order valence-electron chi connectivity index (χ2n) is 5.68. The largest absolute Gasteiger partial charge is 0.481 e. The van der Waals surface area contributed by atoms with Crippen molar-refractivity contribution in [3.63, 3.8) is 0 Å². The lowest BCUT2D eigenvalue weighted by Gasteiger charge is -2.23. The molecule has 0 aliphatic heterocycles. The third-order valence-electron chi connectivity index (χ3n) is 2.49. The van der Waals surface area contributed by atoms with Gasteiger partial charge >= 0.3 is 5.97 Å². The molecule has 0 heterocycles. The molecule has 18 heavy (non-hydrogen) atoms. The van der Waals surface area contributed by atoms with E-state index in [1.54, 1.807) is 6.08 Å². The Morgan fingerprint density at radius 1 is 1.44 bits per heavy atom. The maximum atomic E-state index is 11.5. The molecule has 0 aromatic rings. The first-order chi connectivity index (χ1) is 8.17. The topological polar surface area (TPSA) is 92.4 Å². The van der Waals surface area contributed by atoms with Gasteiger partial charge in [0.2, 0.25) is 5.91 Å². The van der Waals surface area contributed by atoms with Crippen LogP contribution in [0.3, 0.4) is 0 Å². The molecule has 104 valence electrons. The lowest BCUT2D eigenvalue weighted by atomic mass is 9.84. The quantitative estimate of drug-likeness (QED) is 0.596. The summed E-state index contributed by atoms with van der Waals surface area (Å²) in [5.41, 5.74) is 5.49. The molecule has 0 rings (SSSR count). The van der Waals surface area contributed by atoms with Crippen molar-refractivity contribution in [2.24, 2.45) is 17.1 Å². The molecule has 4 N–H and O–H groups in total. The van der Waals surface area contributed by atoms with E-state index in [4.69, 9.17) is 10.8 Å². The van der Waals surface area contributed by atoms with Gasteiger partial charge in [-0.2, -0.15) is 0 Å². The van der Waals surface area contributed by atoms with Crippen molar-refractivity contribution in [1.29, 1.82) is 0 Å². The molecular formula is C13H24N2O3. The molecule has 0 radical (unpaired) electrons. The van der Waals surface area contributed by atoms with Gasteiger partial charge in [-0.25, -0.2) is 0 Å². The van der Waals surface area contributed by atoms with Crippen molar-refractivity contribution in [2.75, 3.05) is 6.54 Å². The van der Waals surface area contributed by atoms with E-state index in [0.717, 1.165) is 0 Å². The number of carboxylic acids is 1. The minimum absolute atomic E-state index is 0.100. The number of rotatable bonds is 7. The summed E-state index contributed by atoms with van der Waals surface area (Å²) in [6, 6.07) is -0.661. The first-order valence-corrected chi connectivity index (χ1v) is 6.04. The summed E-state index contributed by atoms with van der Waals surface area (Å²) in [6.45, 7) is 9.51. The van der Waals surface area contributed by atoms with E-state index >= 15 is 0 Å². The van der Waals surface area contributed by atoms with Gasteiger partial charge < -0.3 is 16.2 Å². The molecule has 0 spiro atoms. The van der Waals surface area contributed by atoms with Crippen molar-refractivity contribution in [1.82, 2.24) is 5.32 Å². The van der Waals surface area contributed by atoms with Crippen LogP contribution >= 0.6 is 0 Å². The highest BCUT2D eigenvalue weighted by Crippen LogP contribution is 2.24. The first kappa shape index (κ1) is 16.6. The van der Waals surface area contributed by atoms with Crippen LogP contribution in [0.5, 0.6) is 0 Å². The minimum atomic E-state index is -0.900. The molecule has 0 aromatic heterocycles. The number of hydrogen-bond acceptors (Lipinski definition) is 3. The fourth-order valence-corrected chi connectivity index (χ4v) is 1.63. The Labute approximate surface area is 108 Å². The van der Waals surface area contributed by atoms with E-state index in [1.165, 1.54) is 0 Å². The van der Waals surface area contributed by atoms with Gasteiger partial charge in [-0.3, -0.25) is 9.59 Å². The van der Waals surface area contributed by atoms with E-state index in [9.17, 15) is 9.59 Å².